The van der Waals surface area contributed by atoms with Crippen molar-refractivity contribution in [3.05, 3.63) is 29.8 Å². The minimum absolute atomic E-state index is 0.164. The average Bonchev–Trinajstić information content (AvgIpc) is 2.49. The van der Waals surface area contributed by atoms with E-state index in [-0.39, 0.29) is 6.61 Å². The van der Waals surface area contributed by atoms with Gasteiger partial charge >= 0.3 is 0 Å². The van der Waals surface area contributed by atoms with Crippen LogP contribution in [0.15, 0.2) is 24.3 Å². The smallest absolute Gasteiger partial charge is 0.137 e. The van der Waals surface area contributed by atoms with Crippen LogP contribution in [-0.4, -0.2) is 44.1 Å². The molecule has 1 rings (SSSR count). The van der Waals surface area contributed by atoms with Crippen molar-refractivity contribution in [3.63, 3.8) is 0 Å². The van der Waals surface area contributed by atoms with E-state index in [1.807, 2.05) is 6.92 Å². The summed E-state index contributed by atoms with van der Waals surface area (Å²) in [5.74, 6) is 0.505. The number of nitriles is 1. The zero-order chi connectivity index (χ0) is 14.6. The number of hydrogen-bond donors (Lipinski definition) is 2. The van der Waals surface area contributed by atoms with Gasteiger partial charge in [-0.3, -0.25) is 0 Å². The fraction of sp³-hybridized carbons (Fsp3) is 0.533. The molecular weight excluding hydrogens is 256 g/mol. The lowest BCUT2D eigenvalue weighted by atomic mass is 10.2. The third kappa shape index (κ3) is 6.53. The molecule has 0 aliphatic carbocycles. The Morgan fingerprint density at radius 3 is 2.95 bits per heavy atom. The molecule has 1 aromatic carbocycles. The highest BCUT2D eigenvalue weighted by molar-refractivity contribution is 5.42. The van der Waals surface area contributed by atoms with Crippen molar-refractivity contribution in [2.45, 2.75) is 19.4 Å². The molecule has 0 radical (unpaired) electrons. The molecule has 0 saturated carbocycles. The van der Waals surface area contributed by atoms with Gasteiger partial charge in [0.2, 0.25) is 0 Å². The van der Waals surface area contributed by atoms with Gasteiger partial charge in [-0.05, 0) is 32.0 Å². The molecule has 1 aromatic rings. The third-order valence-electron chi connectivity index (χ3n) is 2.67. The highest BCUT2D eigenvalue weighted by atomic mass is 16.5. The number of ether oxygens (including phenoxy) is 2. The maximum Gasteiger partial charge on any atom is 0.137 e. The Labute approximate surface area is 120 Å². The zero-order valence-electron chi connectivity index (χ0n) is 11.8. The summed E-state index contributed by atoms with van der Waals surface area (Å²) in [6.07, 6.45) is 0.312. The van der Waals surface area contributed by atoms with E-state index in [0.717, 1.165) is 26.2 Å². The minimum Gasteiger partial charge on any atom is -0.489 e. The summed E-state index contributed by atoms with van der Waals surface area (Å²) in [6.45, 7) is 4.85. The molecule has 0 aliphatic heterocycles. The molecule has 5 heteroatoms. The van der Waals surface area contributed by atoms with Crippen LogP contribution in [0.4, 0.5) is 0 Å². The van der Waals surface area contributed by atoms with E-state index < -0.39 is 6.10 Å². The number of aliphatic hydroxyl groups is 1. The number of hydrogen-bond acceptors (Lipinski definition) is 5. The maximum atomic E-state index is 9.78. The van der Waals surface area contributed by atoms with Crippen molar-refractivity contribution in [1.82, 2.24) is 5.32 Å². The Balaban J connectivity index is 2.17. The first-order valence-corrected chi connectivity index (χ1v) is 6.86. The van der Waals surface area contributed by atoms with Crippen LogP contribution in [0, 0.1) is 11.3 Å². The molecule has 110 valence electrons. The molecular formula is C15H22N2O3. The van der Waals surface area contributed by atoms with Gasteiger partial charge in [-0.15, -0.1) is 0 Å². The predicted molar refractivity (Wildman–Crippen MR) is 76.6 cm³/mol. The Kier molecular flexibility index (Phi) is 8.40. The van der Waals surface area contributed by atoms with Gasteiger partial charge in [0.05, 0.1) is 5.56 Å². The van der Waals surface area contributed by atoms with Crippen LogP contribution in [-0.2, 0) is 4.74 Å². The van der Waals surface area contributed by atoms with E-state index in [1.54, 1.807) is 24.3 Å². The van der Waals surface area contributed by atoms with Crippen molar-refractivity contribution < 1.29 is 14.6 Å². The van der Waals surface area contributed by atoms with Gasteiger partial charge < -0.3 is 19.9 Å². The molecule has 0 heterocycles. The summed E-state index contributed by atoms with van der Waals surface area (Å²) >= 11 is 0. The van der Waals surface area contributed by atoms with Crippen LogP contribution in [0.3, 0.4) is 0 Å². The second-order valence-corrected chi connectivity index (χ2v) is 4.33. The molecule has 0 spiro atoms. The van der Waals surface area contributed by atoms with Crippen LogP contribution in [0.5, 0.6) is 5.75 Å². The van der Waals surface area contributed by atoms with E-state index >= 15 is 0 Å². The van der Waals surface area contributed by atoms with Crippen LogP contribution >= 0.6 is 0 Å². The second kappa shape index (κ2) is 10.2. The summed E-state index contributed by atoms with van der Waals surface area (Å²) in [7, 11) is 0. The SMILES string of the molecule is CCOCCCNCC(O)COc1ccccc1C#N. The standard InChI is InChI=1S/C15H22N2O3/c1-2-19-9-5-8-17-11-14(18)12-20-15-7-4-3-6-13(15)10-16/h3-4,6-7,14,17-18H,2,5,8-9,11-12H2,1H3. The lowest BCUT2D eigenvalue weighted by Gasteiger charge is -2.14. The topological polar surface area (TPSA) is 74.5 Å². The Bertz CT molecular complexity index is 418. The van der Waals surface area contributed by atoms with Crippen molar-refractivity contribution in [3.8, 4) is 11.8 Å². The molecule has 0 fully saturated rings. The van der Waals surface area contributed by atoms with Crippen molar-refractivity contribution >= 4 is 0 Å². The van der Waals surface area contributed by atoms with Crippen molar-refractivity contribution in [2.75, 3.05) is 32.9 Å². The lowest BCUT2D eigenvalue weighted by Crippen LogP contribution is -2.32. The lowest BCUT2D eigenvalue weighted by molar-refractivity contribution is 0.104. The van der Waals surface area contributed by atoms with Crippen LogP contribution in [0.1, 0.15) is 18.9 Å². The normalized spacial score (nSPS) is 11.8. The first-order valence-electron chi connectivity index (χ1n) is 6.86. The van der Waals surface area contributed by atoms with Gasteiger partial charge in [0.25, 0.3) is 0 Å². The number of aliphatic hydroxyl groups excluding tert-OH is 1. The summed E-state index contributed by atoms with van der Waals surface area (Å²) < 4.78 is 10.7. The van der Waals surface area contributed by atoms with Crippen LogP contribution in [0.2, 0.25) is 0 Å². The van der Waals surface area contributed by atoms with E-state index in [1.165, 1.54) is 0 Å². The number of nitrogens with zero attached hydrogens (tertiary/aromatic N) is 1. The first-order chi connectivity index (χ1) is 9.77. The predicted octanol–water partition coefficient (Wildman–Crippen LogP) is 1.31. The molecule has 20 heavy (non-hydrogen) atoms. The van der Waals surface area contributed by atoms with E-state index in [2.05, 4.69) is 11.4 Å². The quantitative estimate of drug-likeness (QED) is 0.631. The summed E-state index contributed by atoms with van der Waals surface area (Å²) in [5, 5.41) is 21.8. The van der Waals surface area contributed by atoms with E-state index in [4.69, 9.17) is 14.7 Å². The Morgan fingerprint density at radius 2 is 2.20 bits per heavy atom. The molecule has 5 nitrogen and oxygen atoms in total. The van der Waals surface area contributed by atoms with Crippen LogP contribution < -0.4 is 10.1 Å². The first kappa shape index (κ1) is 16.4. The van der Waals surface area contributed by atoms with Gasteiger partial charge in [0.1, 0.15) is 24.5 Å². The molecule has 1 atom stereocenters. The largest absolute Gasteiger partial charge is 0.489 e. The summed E-state index contributed by atoms with van der Waals surface area (Å²) in [5.41, 5.74) is 0.476. The number of para-hydroxylation sites is 1. The fourth-order valence-electron chi connectivity index (χ4n) is 1.64. The molecule has 0 aliphatic rings. The molecule has 0 aromatic heterocycles. The van der Waals surface area contributed by atoms with E-state index in [0.29, 0.717) is 17.9 Å². The minimum atomic E-state index is -0.603. The fourth-order valence-corrected chi connectivity index (χ4v) is 1.64. The number of nitrogens with one attached hydrogen (secondary N) is 1. The van der Waals surface area contributed by atoms with Gasteiger partial charge in [-0.1, -0.05) is 12.1 Å². The molecule has 0 bridgehead atoms. The Hall–Kier alpha value is -1.61. The zero-order valence-corrected chi connectivity index (χ0v) is 11.8. The average molecular weight is 278 g/mol. The molecule has 1 unspecified atom stereocenters. The van der Waals surface area contributed by atoms with Gasteiger partial charge in [-0.25, -0.2) is 0 Å². The summed E-state index contributed by atoms with van der Waals surface area (Å²) in [4.78, 5) is 0. The monoisotopic (exact) mass is 278 g/mol. The molecule has 0 saturated heterocycles. The Morgan fingerprint density at radius 1 is 1.40 bits per heavy atom. The highest BCUT2D eigenvalue weighted by Gasteiger charge is 2.07. The maximum absolute atomic E-state index is 9.78. The number of benzene rings is 1. The second-order valence-electron chi connectivity index (χ2n) is 4.33. The summed E-state index contributed by atoms with van der Waals surface area (Å²) in [6, 6.07) is 9.05. The van der Waals surface area contributed by atoms with Gasteiger partial charge in [0.15, 0.2) is 0 Å². The molecule has 2 N–H and O–H groups in total. The highest BCUT2D eigenvalue weighted by Crippen LogP contribution is 2.16. The third-order valence-corrected chi connectivity index (χ3v) is 2.67. The van der Waals surface area contributed by atoms with Crippen LogP contribution in [0.25, 0.3) is 0 Å². The van der Waals surface area contributed by atoms with Crippen molar-refractivity contribution in [1.29, 1.82) is 5.26 Å². The van der Waals surface area contributed by atoms with Gasteiger partial charge in [0, 0.05) is 19.8 Å². The molecule has 0 amide bonds. The number of rotatable bonds is 10. The van der Waals surface area contributed by atoms with Gasteiger partial charge in [-0.2, -0.15) is 5.26 Å². The van der Waals surface area contributed by atoms with Crippen molar-refractivity contribution in [2.24, 2.45) is 0 Å². The van der Waals surface area contributed by atoms with E-state index in [9.17, 15) is 5.11 Å².